The van der Waals surface area contributed by atoms with Gasteiger partial charge < -0.3 is 4.42 Å². The maximum absolute atomic E-state index is 12.9. The van der Waals surface area contributed by atoms with Crippen molar-refractivity contribution in [2.45, 2.75) is 25.7 Å². The van der Waals surface area contributed by atoms with Crippen LogP contribution in [0.25, 0.3) is 17.4 Å². The lowest BCUT2D eigenvalue weighted by Crippen LogP contribution is -2.45. The molecule has 0 saturated carbocycles. The summed E-state index contributed by atoms with van der Waals surface area (Å²) in [6, 6.07) is 10.9. The molecule has 9 heteroatoms. The molecule has 0 spiro atoms. The number of hydrogen-bond acceptors (Lipinski definition) is 6. The molecular formula is C23H17ClN2O3S3. The Hall–Kier alpha value is -2.39. The van der Waals surface area contributed by atoms with E-state index < -0.39 is 0 Å². The number of hydrogen-bond donors (Lipinski definition) is 1. The van der Waals surface area contributed by atoms with Gasteiger partial charge in [-0.2, -0.15) is 5.01 Å². The molecule has 162 valence electrons. The first kappa shape index (κ1) is 21.5. The number of rotatable bonds is 4. The quantitative estimate of drug-likeness (QED) is 0.347. The predicted octanol–water partition coefficient (Wildman–Crippen LogP) is 6.09. The number of carbonyl (C=O) groups is 2. The van der Waals surface area contributed by atoms with Crippen molar-refractivity contribution in [1.29, 1.82) is 0 Å². The fourth-order valence-corrected chi connectivity index (χ4v) is 6.29. The van der Waals surface area contributed by atoms with E-state index in [1.165, 1.54) is 4.88 Å². The van der Waals surface area contributed by atoms with Crippen molar-refractivity contribution in [3.63, 3.8) is 0 Å². The van der Waals surface area contributed by atoms with Gasteiger partial charge >= 0.3 is 0 Å². The standard InChI is InChI=1S/C23H17ClN2O3S3/c24-17-7-3-1-6-15(17)18-10-9-13(29-18)11-20-22(28)26(23(30)32-20)25-21(27)16-12-31-19-8-4-2-5-14(16)19/h1,3,6-7,9-12H,2,4-5,8H2,(H,25,27)/b20-11-. The fraction of sp³-hybridized carbons (Fsp3) is 0.174. The van der Waals surface area contributed by atoms with Gasteiger partial charge in [0.1, 0.15) is 11.5 Å². The molecule has 0 atom stereocenters. The van der Waals surface area contributed by atoms with E-state index >= 15 is 0 Å². The van der Waals surface area contributed by atoms with E-state index in [1.807, 2.05) is 23.6 Å². The van der Waals surface area contributed by atoms with Gasteiger partial charge in [-0.25, -0.2) is 0 Å². The average Bonchev–Trinajstić information content (AvgIpc) is 3.49. The topological polar surface area (TPSA) is 62.6 Å². The van der Waals surface area contributed by atoms with Crippen LogP contribution < -0.4 is 5.43 Å². The normalized spacial score (nSPS) is 17.2. The predicted molar refractivity (Wildman–Crippen MR) is 133 cm³/mol. The summed E-state index contributed by atoms with van der Waals surface area (Å²) >= 11 is 14.3. The number of thiocarbonyl (C=S) groups is 1. The molecule has 1 N–H and O–H groups in total. The van der Waals surface area contributed by atoms with E-state index in [-0.39, 0.29) is 16.1 Å². The highest BCUT2D eigenvalue weighted by Crippen LogP contribution is 2.35. The lowest BCUT2D eigenvalue weighted by molar-refractivity contribution is -0.123. The summed E-state index contributed by atoms with van der Waals surface area (Å²) in [7, 11) is 0. The minimum atomic E-state index is -0.381. The molecule has 3 aromatic rings. The van der Waals surface area contributed by atoms with Crippen LogP contribution in [0.1, 0.15) is 39.4 Å². The number of nitrogens with one attached hydrogen (secondary N) is 1. The Morgan fingerprint density at radius 2 is 2.00 bits per heavy atom. The Bertz CT molecular complexity index is 1280. The van der Waals surface area contributed by atoms with Gasteiger partial charge in [0.2, 0.25) is 0 Å². The largest absolute Gasteiger partial charge is 0.457 e. The van der Waals surface area contributed by atoms with Crippen molar-refractivity contribution >= 4 is 69.1 Å². The van der Waals surface area contributed by atoms with Gasteiger partial charge in [-0.15, -0.1) is 11.3 Å². The third-order valence-electron chi connectivity index (χ3n) is 5.35. The maximum Gasteiger partial charge on any atom is 0.285 e. The molecule has 1 saturated heterocycles. The molecule has 32 heavy (non-hydrogen) atoms. The van der Waals surface area contributed by atoms with Crippen molar-refractivity contribution in [3.05, 3.63) is 73.5 Å². The zero-order valence-electron chi connectivity index (χ0n) is 16.7. The van der Waals surface area contributed by atoms with Crippen molar-refractivity contribution in [2.75, 3.05) is 0 Å². The zero-order chi connectivity index (χ0) is 22.2. The first-order valence-corrected chi connectivity index (χ1v) is 12.5. The van der Waals surface area contributed by atoms with Gasteiger partial charge in [0.15, 0.2) is 4.32 Å². The number of carbonyl (C=O) groups excluding carboxylic acids is 2. The van der Waals surface area contributed by atoms with Crippen LogP contribution in [-0.2, 0) is 17.6 Å². The number of nitrogens with zero attached hydrogens (tertiary/aromatic N) is 1. The molecular weight excluding hydrogens is 484 g/mol. The molecule has 5 nitrogen and oxygen atoms in total. The number of thiophene rings is 1. The summed E-state index contributed by atoms with van der Waals surface area (Å²) in [5, 5.41) is 3.59. The van der Waals surface area contributed by atoms with Crippen molar-refractivity contribution in [3.8, 4) is 11.3 Å². The summed E-state index contributed by atoms with van der Waals surface area (Å²) in [5.74, 6) is 0.417. The smallest absolute Gasteiger partial charge is 0.285 e. The molecule has 3 heterocycles. The molecule has 0 bridgehead atoms. The highest BCUT2D eigenvalue weighted by molar-refractivity contribution is 8.26. The molecule has 2 aliphatic rings. The fourth-order valence-electron chi connectivity index (χ4n) is 3.78. The van der Waals surface area contributed by atoms with Gasteiger partial charge in [0.25, 0.3) is 11.8 Å². The molecule has 1 fully saturated rings. The summed E-state index contributed by atoms with van der Waals surface area (Å²) in [6.45, 7) is 0. The van der Waals surface area contributed by atoms with E-state index in [4.69, 9.17) is 28.2 Å². The minimum absolute atomic E-state index is 0.275. The number of halogens is 1. The average molecular weight is 501 g/mol. The molecule has 2 amide bonds. The highest BCUT2D eigenvalue weighted by Gasteiger charge is 2.35. The van der Waals surface area contributed by atoms with Crippen LogP contribution in [-0.4, -0.2) is 21.1 Å². The summed E-state index contributed by atoms with van der Waals surface area (Å²) in [5.41, 5.74) is 5.19. The van der Waals surface area contributed by atoms with Crippen LogP contribution in [0.5, 0.6) is 0 Å². The van der Waals surface area contributed by atoms with Gasteiger partial charge in [0, 0.05) is 21.9 Å². The Morgan fingerprint density at radius 3 is 2.84 bits per heavy atom. The lowest BCUT2D eigenvalue weighted by atomic mass is 9.96. The van der Waals surface area contributed by atoms with Crippen LogP contribution in [0.2, 0.25) is 5.02 Å². The van der Waals surface area contributed by atoms with Crippen molar-refractivity contribution < 1.29 is 14.0 Å². The Labute approximate surface area is 203 Å². The number of furan rings is 1. The first-order chi connectivity index (χ1) is 15.5. The molecule has 1 aliphatic carbocycles. The minimum Gasteiger partial charge on any atom is -0.457 e. The molecule has 5 rings (SSSR count). The molecule has 1 aliphatic heterocycles. The van der Waals surface area contributed by atoms with Crippen LogP contribution in [0, 0.1) is 0 Å². The Morgan fingerprint density at radius 1 is 1.19 bits per heavy atom. The summed E-state index contributed by atoms with van der Waals surface area (Å²) < 4.78 is 6.13. The van der Waals surface area contributed by atoms with E-state index in [1.54, 1.807) is 35.6 Å². The summed E-state index contributed by atoms with van der Waals surface area (Å²) in [6.07, 6.45) is 5.76. The van der Waals surface area contributed by atoms with Crippen LogP contribution in [0.3, 0.4) is 0 Å². The van der Waals surface area contributed by atoms with E-state index in [0.717, 1.165) is 53.6 Å². The van der Waals surface area contributed by atoms with E-state index in [9.17, 15) is 9.59 Å². The summed E-state index contributed by atoms with van der Waals surface area (Å²) in [4.78, 5) is 27.4. The van der Waals surface area contributed by atoms with E-state index in [2.05, 4.69) is 5.43 Å². The first-order valence-electron chi connectivity index (χ1n) is 10.0. The molecule has 2 aromatic heterocycles. The number of amides is 2. The van der Waals surface area contributed by atoms with Crippen molar-refractivity contribution in [1.82, 2.24) is 10.4 Å². The highest BCUT2D eigenvalue weighted by atomic mass is 35.5. The number of thioether (sulfide) groups is 1. The van der Waals surface area contributed by atoms with E-state index in [0.29, 0.717) is 27.0 Å². The Balaban J connectivity index is 1.33. The lowest BCUT2D eigenvalue weighted by Gasteiger charge is -2.17. The third kappa shape index (κ3) is 4.03. The number of hydrazine groups is 1. The monoisotopic (exact) mass is 500 g/mol. The second-order valence-electron chi connectivity index (χ2n) is 7.40. The number of benzene rings is 1. The Kier molecular flexibility index (Phi) is 5.94. The van der Waals surface area contributed by atoms with Gasteiger partial charge in [-0.3, -0.25) is 15.0 Å². The molecule has 0 radical (unpaired) electrons. The van der Waals surface area contributed by atoms with Crippen LogP contribution in [0.4, 0.5) is 0 Å². The SMILES string of the molecule is O=C(NN1C(=O)/C(=C/c2ccc(-c3ccccc3Cl)o2)SC1=S)c1csc2c1CCCC2. The van der Waals surface area contributed by atoms with Gasteiger partial charge in [-0.05, 0) is 67.7 Å². The van der Waals surface area contributed by atoms with Gasteiger partial charge in [-0.1, -0.05) is 35.5 Å². The van der Waals surface area contributed by atoms with Crippen LogP contribution >= 0.6 is 46.9 Å². The molecule has 1 aromatic carbocycles. The maximum atomic E-state index is 12.9. The second-order valence-corrected chi connectivity index (χ2v) is 10.4. The van der Waals surface area contributed by atoms with Gasteiger partial charge in [0.05, 0.1) is 15.5 Å². The van der Waals surface area contributed by atoms with Crippen molar-refractivity contribution in [2.24, 2.45) is 0 Å². The number of aryl methyl sites for hydroxylation is 1. The second kappa shape index (κ2) is 8.86. The third-order valence-corrected chi connectivity index (χ3v) is 8.07. The number of fused-ring (bicyclic) bond motifs is 1. The van der Waals surface area contributed by atoms with Crippen LogP contribution in [0.15, 0.2) is 51.1 Å². The zero-order valence-corrected chi connectivity index (χ0v) is 19.9. The molecule has 0 unspecified atom stereocenters.